The summed E-state index contributed by atoms with van der Waals surface area (Å²) in [5, 5.41) is 17.1. The van der Waals surface area contributed by atoms with Crippen LogP contribution in [0.3, 0.4) is 0 Å². The smallest absolute Gasteiger partial charge is 0.108 e. The largest absolute Gasteiger partial charge is 0.390 e. The van der Waals surface area contributed by atoms with Crippen LogP contribution < -0.4 is 0 Å². The molecule has 1 aromatic rings. The van der Waals surface area contributed by atoms with Gasteiger partial charge in [-0.05, 0) is 31.8 Å². The van der Waals surface area contributed by atoms with Crippen molar-refractivity contribution in [1.82, 2.24) is 19.9 Å². The van der Waals surface area contributed by atoms with Crippen molar-refractivity contribution in [3.8, 4) is 0 Å². The highest BCUT2D eigenvalue weighted by atomic mass is 32.2. The molecule has 118 valence electrons. The summed E-state index contributed by atoms with van der Waals surface area (Å²) < 4.78 is 1.89. The molecule has 0 unspecified atom stereocenters. The van der Waals surface area contributed by atoms with E-state index >= 15 is 0 Å². The Morgan fingerprint density at radius 3 is 2.52 bits per heavy atom. The van der Waals surface area contributed by atoms with Crippen LogP contribution in [0.4, 0.5) is 0 Å². The fraction of sp³-hybridized carbons (Fsp3) is 0.857. The van der Waals surface area contributed by atoms with Gasteiger partial charge in [0, 0.05) is 35.6 Å². The molecular formula is C14H24N4OS2. The predicted molar refractivity (Wildman–Crippen MR) is 88.7 cm³/mol. The zero-order valence-electron chi connectivity index (χ0n) is 12.4. The van der Waals surface area contributed by atoms with Crippen LogP contribution in [0.1, 0.15) is 18.5 Å². The number of likely N-dealkylation sites (tertiary alicyclic amines) is 1. The Bertz CT molecular complexity index is 426. The van der Waals surface area contributed by atoms with Crippen molar-refractivity contribution in [2.24, 2.45) is 5.92 Å². The van der Waals surface area contributed by atoms with Crippen LogP contribution in [-0.4, -0.2) is 67.1 Å². The highest BCUT2D eigenvalue weighted by Gasteiger charge is 2.26. The lowest BCUT2D eigenvalue weighted by Gasteiger charge is -2.36. The molecule has 1 aromatic heterocycles. The average Bonchev–Trinajstić information content (AvgIpc) is 2.80. The third kappa shape index (κ3) is 4.37. The normalized spacial score (nSPS) is 23.3. The number of hydrogen-bond acceptors (Lipinski definition) is 6. The Balaban J connectivity index is 1.46. The third-order valence-electron chi connectivity index (χ3n) is 4.35. The molecule has 0 atom stereocenters. The number of thioether (sulfide) groups is 2. The maximum atomic E-state index is 9.03. The molecular weight excluding hydrogens is 304 g/mol. The molecule has 2 aliphatic rings. The summed E-state index contributed by atoms with van der Waals surface area (Å²) in [6, 6.07) is 0.774. The average molecular weight is 329 g/mol. The zero-order valence-corrected chi connectivity index (χ0v) is 14.0. The highest BCUT2D eigenvalue weighted by Crippen LogP contribution is 2.25. The Hall–Kier alpha value is -0.240. The van der Waals surface area contributed by atoms with Crippen molar-refractivity contribution in [2.75, 3.05) is 36.1 Å². The van der Waals surface area contributed by atoms with Gasteiger partial charge in [0.15, 0.2) is 0 Å². The zero-order chi connectivity index (χ0) is 14.5. The van der Waals surface area contributed by atoms with Gasteiger partial charge < -0.3 is 5.11 Å². The second-order valence-corrected chi connectivity index (χ2v) is 8.17. The van der Waals surface area contributed by atoms with Crippen LogP contribution in [0.5, 0.6) is 0 Å². The van der Waals surface area contributed by atoms with Gasteiger partial charge in [0.25, 0.3) is 0 Å². The van der Waals surface area contributed by atoms with E-state index in [0.29, 0.717) is 11.6 Å². The number of aliphatic hydroxyl groups is 1. The first-order chi connectivity index (χ1) is 10.3. The van der Waals surface area contributed by atoms with Crippen LogP contribution in [0.2, 0.25) is 0 Å². The summed E-state index contributed by atoms with van der Waals surface area (Å²) >= 11 is 4.24. The molecule has 0 radical (unpaired) electrons. The van der Waals surface area contributed by atoms with Gasteiger partial charge in [-0.3, -0.25) is 9.58 Å². The molecule has 0 saturated carbocycles. The van der Waals surface area contributed by atoms with Crippen LogP contribution >= 0.6 is 23.5 Å². The van der Waals surface area contributed by atoms with Crippen LogP contribution in [0, 0.1) is 5.92 Å². The topological polar surface area (TPSA) is 54.2 Å². The SMILES string of the molecule is OCc1cn(CC2CCN(C3CSCCSC3)CC2)nn1. The molecule has 1 N–H and O–H groups in total. The number of aliphatic hydroxyl groups excluding tert-OH is 1. The van der Waals surface area contributed by atoms with Gasteiger partial charge in [-0.15, -0.1) is 5.10 Å². The molecule has 0 aliphatic carbocycles. The van der Waals surface area contributed by atoms with Gasteiger partial charge in [0.2, 0.25) is 0 Å². The van der Waals surface area contributed by atoms with E-state index in [2.05, 4.69) is 38.7 Å². The maximum Gasteiger partial charge on any atom is 0.108 e. The van der Waals surface area contributed by atoms with Gasteiger partial charge in [0.1, 0.15) is 5.69 Å². The Morgan fingerprint density at radius 1 is 1.19 bits per heavy atom. The first kappa shape index (κ1) is 15.6. The molecule has 0 aromatic carbocycles. The lowest BCUT2D eigenvalue weighted by molar-refractivity contribution is 0.143. The summed E-state index contributed by atoms with van der Waals surface area (Å²) in [4.78, 5) is 2.70. The Labute approximate surface area is 134 Å². The van der Waals surface area contributed by atoms with Crippen molar-refractivity contribution in [3.63, 3.8) is 0 Å². The Kier molecular flexibility index (Phi) is 5.85. The summed E-state index contributed by atoms with van der Waals surface area (Å²) in [6.07, 6.45) is 4.37. The van der Waals surface area contributed by atoms with Gasteiger partial charge >= 0.3 is 0 Å². The Morgan fingerprint density at radius 2 is 1.90 bits per heavy atom. The van der Waals surface area contributed by atoms with E-state index < -0.39 is 0 Å². The monoisotopic (exact) mass is 328 g/mol. The molecule has 2 saturated heterocycles. The van der Waals surface area contributed by atoms with E-state index in [4.69, 9.17) is 5.11 Å². The van der Waals surface area contributed by atoms with E-state index in [1.807, 2.05) is 10.9 Å². The first-order valence-electron chi connectivity index (χ1n) is 7.74. The van der Waals surface area contributed by atoms with Crippen molar-refractivity contribution < 1.29 is 5.11 Å². The van der Waals surface area contributed by atoms with Crippen molar-refractivity contribution >= 4 is 23.5 Å². The number of aromatic nitrogens is 3. The van der Waals surface area contributed by atoms with E-state index in [0.717, 1.165) is 12.6 Å². The highest BCUT2D eigenvalue weighted by molar-refractivity contribution is 8.03. The van der Waals surface area contributed by atoms with Crippen molar-refractivity contribution in [2.45, 2.75) is 32.0 Å². The number of hydrogen-bond donors (Lipinski definition) is 1. The fourth-order valence-electron chi connectivity index (χ4n) is 3.08. The summed E-state index contributed by atoms with van der Waals surface area (Å²) in [5.41, 5.74) is 0.667. The minimum Gasteiger partial charge on any atom is -0.390 e. The van der Waals surface area contributed by atoms with E-state index in [1.54, 1.807) is 0 Å². The maximum absolute atomic E-state index is 9.03. The standard InChI is InChI=1S/C14H24N4OS2/c19-9-13-8-18(16-15-13)7-12-1-3-17(4-2-12)14-10-20-5-6-21-11-14/h8,12,14,19H,1-7,9-11H2. The third-order valence-corrected chi connectivity index (χ3v) is 6.84. The minimum absolute atomic E-state index is 0.0184. The fourth-order valence-corrected chi connectivity index (χ4v) is 5.71. The quantitative estimate of drug-likeness (QED) is 0.900. The summed E-state index contributed by atoms with van der Waals surface area (Å²) in [7, 11) is 0. The second kappa shape index (κ2) is 7.85. The van der Waals surface area contributed by atoms with Crippen LogP contribution in [0.25, 0.3) is 0 Å². The second-order valence-electron chi connectivity index (χ2n) is 5.87. The molecule has 3 rings (SSSR count). The molecule has 2 fully saturated rings. The lowest BCUT2D eigenvalue weighted by Crippen LogP contribution is -2.44. The minimum atomic E-state index is -0.0184. The molecule has 2 aliphatic heterocycles. The van der Waals surface area contributed by atoms with Gasteiger partial charge in [0.05, 0.1) is 12.8 Å². The predicted octanol–water partition coefficient (Wildman–Crippen LogP) is 1.33. The van der Waals surface area contributed by atoms with Gasteiger partial charge in [-0.2, -0.15) is 23.5 Å². The van der Waals surface area contributed by atoms with E-state index in [1.165, 1.54) is 48.9 Å². The molecule has 5 nitrogen and oxygen atoms in total. The van der Waals surface area contributed by atoms with Gasteiger partial charge in [-0.25, -0.2) is 0 Å². The lowest BCUT2D eigenvalue weighted by atomic mass is 9.96. The van der Waals surface area contributed by atoms with Crippen molar-refractivity contribution in [3.05, 3.63) is 11.9 Å². The number of rotatable bonds is 4. The van der Waals surface area contributed by atoms with E-state index in [-0.39, 0.29) is 6.61 Å². The number of piperidine rings is 1. The molecule has 3 heterocycles. The van der Waals surface area contributed by atoms with Crippen molar-refractivity contribution in [1.29, 1.82) is 0 Å². The molecule has 0 bridgehead atoms. The summed E-state index contributed by atoms with van der Waals surface area (Å²) in [6.45, 7) is 3.36. The summed E-state index contributed by atoms with van der Waals surface area (Å²) in [5.74, 6) is 5.94. The molecule has 7 heteroatoms. The van der Waals surface area contributed by atoms with Crippen LogP contribution in [0.15, 0.2) is 6.20 Å². The molecule has 21 heavy (non-hydrogen) atoms. The van der Waals surface area contributed by atoms with Crippen LogP contribution in [-0.2, 0) is 13.2 Å². The number of nitrogens with zero attached hydrogens (tertiary/aromatic N) is 4. The van der Waals surface area contributed by atoms with E-state index in [9.17, 15) is 0 Å². The molecule has 0 spiro atoms. The molecule has 0 amide bonds. The first-order valence-corrected chi connectivity index (χ1v) is 10.1. The van der Waals surface area contributed by atoms with Gasteiger partial charge in [-0.1, -0.05) is 5.21 Å².